The molecule has 2 heterocycles. The molecule has 1 unspecified atom stereocenters. The van der Waals surface area contributed by atoms with Crippen LogP contribution in [-0.4, -0.2) is 36.9 Å². The van der Waals surface area contributed by atoms with Gasteiger partial charge < -0.3 is 19.2 Å². The Kier molecular flexibility index (Phi) is 3.13. The molecule has 1 fully saturated rings. The summed E-state index contributed by atoms with van der Waals surface area (Å²) in [6, 6.07) is 7.43. The molecule has 0 aliphatic carbocycles. The Bertz CT molecular complexity index is 601. The molecule has 2 aromatic rings. The summed E-state index contributed by atoms with van der Waals surface area (Å²) in [5.41, 5.74) is 1.30. The summed E-state index contributed by atoms with van der Waals surface area (Å²) in [4.78, 5) is 14.7. The first-order chi connectivity index (χ1) is 9.28. The maximum atomic E-state index is 11.7. The fraction of sp³-hybridized carbons (Fsp3) is 0.357. The van der Waals surface area contributed by atoms with Gasteiger partial charge in [0.15, 0.2) is 0 Å². The van der Waals surface area contributed by atoms with Crippen LogP contribution in [0.3, 0.4) is 0 Å². The molecule has 100 valence electrons. The predicted molar refractivity (Wildman–Crippen MR) is 69.5 cm³/mol. The molecule has 0 spiro atoms. The number of benzene rings is 1. The smallest absolute Gasteiger partial charge is 0.354 e. The van der Waals surface area contributed by atoms with Gasteiger partial charge in [-0.15, -0.1) is 0 Å². The first kappa shape index (κ1) is 12.0. The molecule has 0 bridgehead atoms. The number of rotatable bonds is 5. The van der Waals surface area contributed by atoms with Crippen LogP contribution in [-0.2, 0) is 9.47 Å². The van der Waals surface area contributed by atoms with E-state index in [1.807, 2.05) is 18.2 Å². The van der Waals surface area contributed by atoms with Crippen molar-refractivity contribution in [1.82, 2.24) is 4.98 Å². The van der Waals surface area contributed by atoms with Crippen LogP contribution in [0.5, 0.6) is 5.75 Å². The predicted octanol–water partition coefficient (Wildman–Crippen LogP) is 2.12. The summed E-state index contributed by atoms with van der Waals surface area (Å²) >= 11 is 0. The number of hydrogen-bond donors (Lipinski definition) is 1. The lowest BCUT2D eigenvalue weighted by Gasteiger charge is -2.04. The van der Waals surface area contributed by atoms with Crippen molar-refractivity contribution in [2.75, 3.05) is 19.8 Å². The summed E-state index contributed by atoms with van der Waals surface area (Å²) in [6.45, 7) is 3.44. The SMILES string of the molecule is CCOC(=O)c1cc2c(OCC3CO3)cccc2[nH]1. The Labute approximate surface area is 110 Å². The fourth-order valence-electron chi connectivity index (χ4n) is 1.92. The molecular formula is C14H15NO4. The molecule has 3 rings (SSSR count). The van der Waals surface area contributed by atoms with Gasteiger partial charge in [0.05, 0.1) is 13.2 Å². The minimum atomic E-state index is -0.352. The van der Waals surface area contributed by atoms with E-state index in [2.05, 4.69) is 4.98 Å². The molecule has 1 aromatic heterocycles. The Balaban J connectivity index is 1.87. The minimum absolute atomic E-state index is 0.207. The highest BCUT2D eigenvalue weighted by molar-refractivity contribution is 5.97. The summed E-state index contributed by atoms with van der Waals surface area (Å²) in [7, 11) is 0. The molecule has 5 nitrogen and oxygen atoms in total. The number of carbonyl (C=O) groups is 1. The number of hydrogen-bond acceptors (Lipinski definition) is 4. The van der Waals surface area contributed by atoms with Gasteiger partial charge in [0, 0.05) is 10.9 Å². The fourth-order valence-corrected chi connectivity index (χ4v) is 1.92. The maximum absolute atomic E-state index is 11.7. The van der Waals surface area contributed by atoms with E-state index in [1.165, 1.54) is 0 Å². The summed E-state index contributed by atoms with van der Waals surface area (Å²) in [5.74, 6) is 0.398. The zero-order valence-electron chi connectivity index (χ0n) is 10.6. The zero-order valence-corrected chi connectivity index (χ0v) is 10.6. The van der Waals surface area contributed by atoms with Crippen molar-refractivity contribution < 1.29 is 19.0 Å². The number of aromatic amines is 1. The topological polar surface area (TPSA) is 63.9 Å². The Hall–Kier alpha value is -2.01. The molecule has 1 aliphatic heterocycles. The van der Waals surface area contributed by atoms with Crippen LogP contribution in [0.2, 0.25) is 0 Å². The van der Waals surface area contributed by atoms with Gasteiger partial charge in [-0.2, -0.15) is 0 Å². The van der Waals surface area contributed by atoms with Gasteiger partial charge in [0.2, 0.25) is 0 Å². The van der Waals surface area contributed by atoms with Crippen molar-refractivity contribution in [3.05, 3.63) is 30.0 Å². The van der Waals surface area contributed by atoms with E-state index in [4.69, 9.17) is 14.2 Å². The van der Waals surface area contributed by atoms with Gasteiger partial charge in [-0.3, -0.25) is 0 Å². The molecule has 19 heavy (non-hydrogen) atoms. The van der Waals surface area contributed by atoms with Crippen molar-refractivity contribution in [1.29, 1.82) is 0 Å². The number of epoxide rings is 1. The van der Waals surface area contributed by atoms with E-state index in [0.717, 1.165) is 23.3 Å². The molecule has 0 radical (unpaired) electrons. The van der Waals surface area contributed by atoms with E-state index in [0.29, 0.717) is 18.9 Å². The Morgan fingerprint density at radius 1 is 1.53 bits per heavy atom. The van der Waals surface area contributed by atoms with Crippen LogP contribution in [0.15, 0.2) is 24.3 Å². The Morgan fingerprint density at radius 3 is 3.11 bits per heavy atom. The summed E-state index contributed by atoms with van der Waals surface area (Å²) in [6.07, 6.45) is 0.207. The first-order valence-electron chi connectivity index (χ1n) is 6.31. The van der Waals surface area contributed by atoms with Crippen molar-refractivity contribution >= 4 is 16.9 Å². The minimum Gasteiger partial charge on any atom is -0.490 e. The van der Waals surface area contributed by atoms with Crippen molar-refractivity contribution in [2.24, 2.45) is 0 Å². The highest BCUT2D eigenvalue weighted by Gasteiger charge is 2.23. The number of aromatic nitrogens is 1. The Morgan fingerprint density at radius 2 is 2.37 bits per heavy atom. The second kappa shape index (κ2) is 4.93. The van der Waals surface area contributed by atoms with E-state index in [-0.39, 0.29) is 12.1 Å². The number of H-pyrrole nitrogens is 1. The van der Waals surface area contributed by atoms with Crippen LogP contribution < -0.4 is 4.74 Å². The number of nitrogens with one attached hydrogen (secondary N) is 1. The van der Waals surface area contributed by atoms with Gasteiger partial charge >= 0.3 is 5.97 Å². The quantitative estimate of drug-likeness (QED) is 0.661. The maximum Gasteiger partial charge on any atom is 0.354 e. The van der Waals surface area contributed by atoms with Crippen LogP contribution in [0.1, 0.15) is 17.4 Å². The molecule has 0 saturated carbocycles. The van der Waals surface area contributed by atoms with Crippen molar-refractivity contribution in [3.63, 3.8) is 0 Å². The first-order valence-corrected chi connectivity index (χ1v) is 6.31. The molecule has 1 N–H and O–H groups in total. The van der Waals surface area contributed by atoms with Crippen LogP contribution in [0.4, 0.5) is 0 Å². The summed E-state index contributed by atoms with van der Waals surface area (Å²) in [5, 5.41) is 0.881. The normalized spacial score (nSPS) is 17.4. The van der Waals surface area contributed by atoms with Crippen molar-refractivity contribution in [3.8, 4) is 5.75 Å². The molecule has 5 heteroatoms. The third-order valence-corrected chi connectivity index (χ3v) is 2.95. The van der Waals surface area contributed by atoms with Crippen LogP contribution in [0, 0.1) is 0 Å². The summed E-state index contributed by atoms with van der Waals surface area (Å²) < 4.78 is 15.8. The van der Waals surface area contributed by atoms with E-state index >= 15 is 0 Å². The highest BCUT2D eigenvalue weighted by atomic mass is 16.6. The third-order valence-electron chi connectivity index (χ3n) is 2.95. The van der Waals surface area contributed by atoms with Gasteiger partial charge in [-0.1, -0.05) is 6.07 Å². The van der Waals surface area contributed by atoms with Gasteiger partial charge in [0.1, 0.15) is 24.2 Å². The lowest BCUT2D eigenvalue weighted by Crippen LogP contribution is -2.04. The molecule has 1 aromatic carbocycles. The van der Waals surface area contributed by atoms with Gasteiger partial charge in [-0.25, -0.2) is 4.79 Å². The average Bonchev–Trinajstić information content (AvgIpc) is 3.13. The van der Waals surface area contributed by atoms with E-state index in [9.17, 15) is 4.79 Å². The second-order valence-electron chi connectivity index (χ2n) is 4.39. The second-order valence-corrected chi connectivity index (χ2v) is 4.39. The lowest BCUT2D eigenvalue weighted by atomic mass is 10.2. The molecule has 1 aliphatic rings. The van der Waals surface area contributed by atoms with Gasteiger partial charge in [-0.05, 0) is 25.1 Å². The highest BCUT2D eigenvalue weighted by Crippen LogP contribution is 2.27. The standard InChI is InChI=1S/C14H15NO4/c1-2-17-14(16)12-6-10-11(15-12)4-3-5-13(10)19-8-9-7-18-9/h3-6,9,15H,2,7-8H2,1H3. The van der Waals surface area contributed by atoms with Gasteiger partial charge in [0.25, 0.3) is 0 Å². The zero-order chi connectivity index (χ0) is 13.2. The monoisotopic (exact) mass is 261 g/mol. The van der Waals surface area contributed by atoms with Crippen LogP contribution >= 0.6 is 0 Å². The molecular weight excluding hydrogens is 246 g/mol. The van der Waals surface area contributed by atoms with E-state index in [1.54, 1.807) is 13.0 Å². The number of carbonyl (C=O) groups excluding carboxylic acids is 1. The largest absolute Gasteiger partial charge is 0.490 e. The number of ether oxygens (including phenoxy) is 3. The number of esters is 1. The molecule has 1 atom stereocenters. The molecule has 1 saturated heterocycles. The molecule has 0 amide bonds. The lowest BCUT2D eigenvalue weighted by molar-refractivity contribution is 0.0520. The third kappa shape index (κ3) is 2.56. The van der Waals surface area contributed by atoms with Crippen LogP contribution in [0.25, 0.3) is 10.9 Å². The van der Waals surface area contributed by atoms with E-state index < -0.39 is 0 Å². The number of fused-ring (bicyclic) bond motifs is 1. The van der Waals surface area contributed by atoms with Crippen molar-refractivity contribution in [2.45, 2.75) is 13.0 Å². The average molecular weight is 261 g/mol.